The molecular weight excluding hydrogens is 136 g/mol. The molecule has 0 aromatic carbocycles. The number of aryl methyl sites for hydroxylation is 1. The number of hydrogen-bond acceptors (Lipinski definition) is 1. The van der Waals surface area contributed by atoms with Gasteiger partial charge in [0.05, 0.1) is 6.20 Å². The van der Waals surface area contributed by atoms with Gasteiger partial charge in [0, 0.05) is 30.1 Å². The van der Waals surface area contributed by atoms with Crippen LogP contribution in [0.2, 0.25) is 0 Å². The Kier molecular flexibility index (Phi) is 0.799. The average Bonchev–Trinajstić information content (AvgIpc) is 2.60. The van der Waals surface area contributed by atoms with E-state index in [2.05, 4.69) is 17.3 Å². The zero-order valence-electron chi connectivity index (χ0n) is 6.49. The molecule has 0 fully saturated rings. The SMILES string of the molecule is Cn1ncc2c1C1C=CC2C1. The van der Waals surface area contributed by atoms with Gasteiger partial charge in [-0.15, -0.1) is 0 Å². The van der Waals surface area contributed by atoms with Crippen molar-refractivity contribution in [1.82, 2.24) is 9.78 Å². The molecule has 0 saturated heterocycles. The molecule has 1 aromatic rings. The van der Waals surface area contributed by atoms with Crippen molar-refractivity contribution in [3.05, 3.63) is 29.6 Å². The maximum absolute atomic E-state index is 4.26. The minimum absolute atomic E-state index is 0.669. The van der Waals surface area contributed by atoms with Gasteiger partial charge >= 0.3 is 0 Å². The summed E-state index contributed by atoms with van der Waals surface area (Å²) in [4.78, 5) is 0. The molecule has 56 valence electrons. The van der Waals surface area contributed by atoms with Gasteiger partial charge in [-0.25, -0.2) is 0 Å². The first-order chi connectivity index (χ1) is 5.36. The number of hydrogen-bond donors (Lipinski definition) is 0. The maximum atomic E-state index is 4.26. The summed E-state index contributed by atoms with van der Waals surface area (Å²) in [6, 6.07) is 0. The van der Waals surface area contributed by atoms with Crippen LogP contribution in [0.5, 0.6) is 0 Å². The summed E-state index contributed by atoms with van der Waals surface area (Å²) in [6.07, 6.45) is 7.94. The summed E-state index contributed by atoms with van der Waals surface area (Å²) in [5.41, 5.74) is 2.90. The van der Waals surface area contributed by atoms with Crippen LogP contribution in [0.1, 0.15) is 29.5 Å². The lowest BCUT2D eigenvalue weighted by molar-refractivity contribution is 0.675. The van der Waals surface area contributed by atoms with Gasteiger partial charge in [-0.2, -0.15) is 5.10 Å². The highest BCUT2D eigenvalue weighted by molar-refractivity contribution is 5.43. The van der Waals surface area contributed by atoms with Crippen LogP contribution >= 0.6 is 0 Å². The predicted molar refractivity (Wildman–Crippen MR) is 42.4 cm³/mol. The summed E-state index contributed by atoms with van der Waals surface area (Å²) in [7, 11) is 2.04. The first kappa shape index (κ1) is 5.58. The van der Waals surface area contributed by atoms with Gasteiger partial charge in [0.25, 0.3) is 0 Å². The third-order valence-electron chi connectivity index (χ3n) is 2.85. The largest absolute Gasteiger partial charge is 0.272 e. The lowest BCUT2D eigenvalue weighted by atomic mass is 10.1. The molecule has 2 atom stereocenters. The van der Waals surface area contributed by atoms with E-state index in [4.69, 9.17) is 0 Å². The van der Waals surface area contributed by atoms with E-state index in [0.29, 0.717) is 11.8 Å². The summed E-state index contributed by atoms with van der Waals surface area (Å²) in [5.74, 6) is 1.35. The minimum atomic E-state index is 0.669. The average molecular weight is 146 g/mol. The number of aromatic nitrogens is 2. The second-order valence-electron chi connectivity index (χ2n) is 3.44. The molecule has 0 aliphatic heterocycles. The zero-order chi connectivity index (χ0) is 7.42. The summed E-state index contributed by atoms with van der Waals surface area (Å²) in [5, 5.41) is 4.26. The summed E-state index contributed by atoms with van der Waals surface area (Å²) in [6.45, 7) is 0. The van der Waals surface area contributed by atoms with Crippen LogP contribution in [-0.4, -0.2) is 9.78 Å². The Morgan fingerprint density at radius 2 is 2.27 bits per heavy atom. The van der Waals surface area contributed by atoms with Gasteiger partial charge in [0.15, 0.2) is 0 Å². The molecule has 1 aromatic heterocycles. The monoisotopic (exact) mass is 146 g/mol. The molecule has 1 heterocycles. The van der Waals surface area contributed by atoms with Gasteiger partial charge in [-0.1, -0.05) is 12.2 Å². The third-order valence-corrected chi connectivity index (χ3v) is 2.85. The van der Waals surface area contributed by atoms with Crippen LogP contribution in [0.25, 0.3) is 0 Å². The number of fused-ring (bicyclic) bond motifs is 5. The lowest BCUT2D eigenvalue weighted by Gasteiger charge is -2.05. The number of nitrogens with zero attached hydrogens (tertiary/aromatic N) is 2. The molecule has 2 nitrogen and oxygen atoms in total. The fourth-order valence-corrected chi connectivity index (χ4v) is 2.34. The fourth-order valence-electron chi connectivity index (χ4n) is 2.34. The van der Waals surface area contributed by atoms with Crippen LogP contribution in [-0.2, 0) is 7.05 Å². The van der Waals surface area contributed by atoms with E-state index >= 15 is 0 Å². The van der Waals surface area contributed by atoms with Crippen molar-refractivity contribution in [1.29, 1.82) is 0 Å². The standard InChI is InChI=1S/C9H10N2/c1-11-9-7-3-2-6(4-7)8(9)5-10-11/h2-3,5-7H,4H2,1H3. The summed E-state index contributed by atoms with van der Waals surface area (Å²) >= 11 is 0. The normalized spacial score (nSPS) is 31.4. The molecule has 2 unspecified atom stereocenters. The zero-order valence-corrected chi connectivity index (χ0v) is 6.49. The molecule has 2 aliphatic rings. The lowest BCUT2D eigenvalue weighted by Crippen LogP contribution is -2.00. The van der Waals surface area contributed by atoms with E-state index in [1.807, 2.05) is 17.9 Å². The topological polar surface area (TPSA) is 17.8 Å². The van der Waals surface area contributed by atoms with Gasteiger partial charge in [-0.05, 0) is 6.42 Å². The minimum Gasteiger partial charge on any atom is -0.272 e. The highest BCUT2D eigenvalue weighted by Gasteiger charge is 2.35. The Hall–Kier alpha value is -1.05. The van der Waals surface area contributed by atoms with E-state index in [9.17, 15) is 0 Å². The van der Waals surface area contributed by atoms with Crippen molar-refractivity contribution in [2.45, 2.75) is 18.3 Å². The second kappa shape index (κ2) is 1.58. The van der Waals surface area contributed by atoms with Crippen LogP contribution in [0.3, 0.4) is 0 Å². The molecule has 0 amide bonds. The van der Waals surface area contributed by atoms with Crippen molar-refractivity contribution < 1.29 is 0 Å². The maximum Gasteiger partial charge on any atom is 0.0530 e. The van der Waals surface area contributed by atoms with Crippen molar-refractivity contribution in [2.75, 3.05) is 0 Å². The third kappa shape index (κ3) is 0.516. The Labute approximate surface area is 65.5 Å². The Morgan fingerprint density at radius 1 is 1.45 bits per heavy atom. The molecule has 2 heteroatoms. The van der Waals surface area contributed by atoms with Crippen molar-refractivity contribution >= 4 is 0 Å². The molecule has 3 rings (SSSR count). The summed E-state index contributed by atoms with van der Waals surface area (Å²) < 4.78 is 2.02. The number of allylic oxidation sites excluding steroid dienone is 2. The van der Waals surface area contributed by atoms with Crippen molar-refractivity contribution in [3.63, 3.8) is 0 Å². The van der Waals surface area contributed by atoms with E-state index < -0.39 is 0 Å². The highest BCUT2D eigenvalue weighted by atomic mass is 15.3. The van der Waals surface area contributed by atoms with Crippen LogP contribution in [0, 0.1) is 0 Å². The first-order valence-corrected chi connectivity index (χ1v) is 4.06. The Balaban J connectivity index is 2.29. The van der Waals surface area contributed by atoms with E-state index in [0.717, 1.165) is 0 Å². The van der Waals surface area contributed by atoms with E-state index in [-0.39, 0.29) is 0 Å². The molecule has 0 saturated carbocycles. The second-order valence-corrected chi connectivity index (χ2v) is 3.44. The van der Waals surface area contributed by atoms with Gasteiger partial charge in [0.1, 0.15) is 0 Å². The van der Waals surface area contributed by atoms with Crippen molar-refractivity contribution in [3.8, 4) is 0 Å². The van der Waals surface area contributed by atoms with Crippen LogP contribution in [0.4, 0.5) is 0 Å². The van der Waals surface area contributed by atoms with E-state index in [1.165, 1.54) is 17.7 Å². The fraction of sp³-hybridized carbons (Fsp3) is 0.444. The highest BCUT2D eigenvalue weighted by Crippen LogP contribution is 2.47. The number of rotatable bonds is 0. The molecule has 11 heavy (non-hydrogen) atoms. The molecular formula is C9H10N2. The molecule has 0 radical (unpaired) electrons. The molecule has 0 N–H and O–H groups in total. The quantitative estimate of drug-likeness (QED) is 0.508. The first-order valence-electron chi connectivity index (χ1n) is 4.06. The van der Waals surface area contributed by atoms with Gasteiger partial charge < -0.3 is 0 Å². The Morgan fingerprint density at radius 3 is 3.09 bits per heavy atom. The van der Waals surface area contributed by atoms with Crippen molar-refractivity contribution in [2.24, 2.45) is 7.05 Å². The van der Waals surface area contributed by atoms with Gasteiger partial charge in [0.2, 0.25) is 0 Å². The van der Waals surface area contributed by atoms with E-state index in [1.54, 1.807) is 0 Å². The molecule has 2 aliphatic carbocycles. The predicted octanol–water partition coefficient (Wildman–Crippen LogP) is 1.56. The van der Waals surface area contributed by atoms with Crippen LogP contribution < -0.4 is 0 Å². The smallest absolute Gasteiger partial charge is 0.0530 e. The Bertz CT molecular complexity index is 335. The van der Waals surface area contributed by atoms with Crippen LogP contribution in [0.15, 0.2) is 18.3 Å². The molecule has 0 spiro atoms. The molecule has 2 bridgehead atoms. The van der Waals surface area contributed by atoms with Gasteiger partial charge in [-0.3, -0.25) is 4.68 Å².